The number of nitrogens with one attached hydrogen (secondary N) is 1. The zero-order chi connectivity index (χ0) is 19.8. The van der Waals surface area contributed by atoms with Crippen molar-refractivity contribution in [3.63, 3.8) is 0 Å². The SMILES string of the molecule is CC1CCc2c(sc3ncn(CC(=O)Nc4ccc(N(C)C)cc4)c(=O)c23)C1. The van der Waals surface area contributed by atoms with E-state index in [0.29, 0.717) is 17.0 Å². The van der Waals surface area contributed by atoms with Gasteiger partial charge in [-0.3, -0.25) is 14.2 Å². The van der Waals surface area contributed by atoms with Crippen LogP contribution in [0.1, 0.15) is 23.8 Å². The van der Waals surface area contributed by atoms with Crippen molar-refractivity contribution in [2.45, 2.75) is 32.7 Å². The van der Waals surface area contributed by atoms with E-state index in [9.17, 15) is 9.59 Å². The number of aromatic nitrogens is 2. The maximum absolute atomic E-state index is 13.0. The third-order valence-corrected chi connectivity index (χ3v) is 6.43. The summed E-state index contributed by atoms with van der Waals surface area (Å²) >= 11 is 1.62. The number of carbonyl (C=O) groups is 1. The predicted octanol–water partition coefficient (Wildman–Crippen LogP) is 3.29. The van der Waals surface area contributed by atoms with E-state index < -0.39 is 0 Å². The van der Waals surface area contributed by atoms with Gasteiger partial charge >= 0.3 is 0 Å². The normalized spacial score (nSPS) is 16.0. The van der Waals surface area contributed by atoms with Crippen LogP contribution in [-0.2, 0) is 24.2 Å². The maximum atomic E-state index is 13.0. The number of rotatable bonds is 4. The molecule has 6 nitrogen and oxygen atoms in total. The van der Waals surface area contributed by atoms with E-state index in [4.69, 9.17) is 0 Å². The van der Waals surface area contributed by atoms with Gasteiger partial charge in [-0.1, -0.05) is 6.92 Å². The molecule has 3 aromatic rings. The molecule has 2 heterocycles. The fourth-order valence-electron chi connectivity index (χ4n) is 3.68. The Bertz CT molecular complexity index is 1080. The van der Waals surface area contributed by atoms with Crippen molar-refractivity contribution in [1.82, 2.24) is 9.55 Å². The molecular formula is C21H24N4O2S. The number of amides is 1. The van der Waals surface area contributed by atoms with Crippen molar-refractivity contribution in [1.29, 1.82) is 0 Å². The van der Waals surface area contributed by atoms with Crippen molar-refractivity contribution < 1.29 is 4.79 Å². The lowest BCUT2D eigenvalue weighted by molar-refractivity contribution is -0.116. The second kappa shape index (κ2) is 7.39. The second-order valence-corrected chi connectivity index (χ2v) is 8.78. The van der Waals surface area contributed by atoms with Crippen LogP contribution in [0, 0.1) is 5.92 Å². The molecule has 1 unspecified atom stereocenters. The summed E-state index contributed by atoms with van der Waals surface area (Å²) in [5.74, 6) is 0.408. The highest BCUT2D eigenvalue weighted by molar-refractivity contribution is 7.18. The van der Waals surface area contributed by atoms with Gasteiger partial charge in [0, 0.05) is 30.3 Å². The summed E-state index contributed by atoms with van der Waals surface area (Å²) in [5, 5.41) is 3.56. The number of anilines is 2. The van der Waals surface area contributed by atoms with E-state index in [0.717, 1.165) is 35.3 Å². The molecule has 0 aliphatic heterocycles. The van der Waals surface area contributed by atoms with E-state index in [1.54, 1.807) is 11.3 Å². The standard InChI is InChI=1S/C21H24N4O2S/c1-13-4-9-16-17(10-13)28-20-19(16)21(27)25(12-22-20)11-18(26)23-14-5-7-15(8-6-14)24(2)3/h5-8,12-13H,4,9-11H2,1-3H3,(H,23,26). The second-order valence-electron chi connectivity index (χ2n) is 7.70. The smallest absolute Gasteiger partial charge is 0.262 e. The zero-order valence-electron chi connectivity index (χ0n) is 16.4. The topological polar surface area (TPSA) is 67.2 Å². The summed E-state index contributed by atoms with van der Waals surface area (Å²) < 4.78 is 1.41. The molecule has 0 spiro atoms. The van der Waals surface area contributed by atoms with Gasteiger partial charge in [0.1, 0.15) is 11.4 Å². The lowest BCUT2D eigenvalue weighted by Crippen LogP contribution is -2.28. The average molecular weight is 397 g/mol. The van der Waals surface area contributed by atoms with Crippen molar-refractivity contribution >= 4 is 38.8 Å². The monoisotopic (exact) mass is 396 g/mol. The lowest BCUT2D eigenvalue weighted by Gasteiger charge is -2.17. The molecule has 0 fully saturated rings. The van der Waals surface area contributed by atoms with Crippen molar-refractivity contribution in [3.05, 3.63) is 51.4 Å². The van der Waals surface area contributed by atoms with E-state index in [2.05, 4.69) is 17.2 Å². The number of carbonyl (C=O) groups excluding carboxylic acids is 1. The molecule has 1 atom stereocenters. The summed E-state index contributed by atoms with van der Waals surface area (Å²) in [6.45, 7) is 2.20. The molecule has 1 aromatic carbocycles. The minimum Gasteiger partial charge on any atom is -0.378 e. The van der Waals surface area contributed by atoms with E-state index >= 15 is 0 Å². The molecule has 7 heteroatoms. The minimum absolute atomic E-state index is 0.0434. The number of benzene rings is 1. The van der Waals surface area contributed by atoms with Crippen molar-refractivity contribution in [2.24, 2.45) is 5.92 Å². The molecule has 1 aliphatic carbocycles. The number of nitrogens with zero attached hydrogens (tertiary/aromatic N) is 3. The molecule has 4 rings (SSSR count). The fourth-order valence-corrected chi connectivity index (χ4v) is 5.02. The molecule has 0 saturated carbocycles. The summed E-state index contributed by atoms with van der Waals surface area (Å²) in [6.07, 6.45) is 4.52. The predicted molar refractivity (Wildman–Crippen MR) is 114 cm³/mol. The average Bonchev–Trinajstić information content (AvgIpc) is 3.02. The van der Waals surface area contributed by atoms with Gasteiger partial charge in [0.15, 0.2) is 0 Å². The van der Waals surface area contributed by atoms with Gasteiger partial charge < -0.3 is 10.2 Å². The molecule has 0 bridgehead atoms. The molecular weight excluding hydrogens is 372 g/mol. The van der Waals surface area contributed by atoms with Crippen LogP contribution in [-0.4, -0.2) is 29.6 Å². The molecule has 146 valence electrons. The number of hydrogen-bond acceptors (Lipinski definition) is 5. The van der Waals surface area contributed by atoms with Gasteiger partial charge in [0.25, 0.3) is 5.56 Å². The summed E-state index contributed by atoms with van der Waals surface area (Å²) in [5.41, 5.74) is 2.79. The van der Waals surface area contributed by atoms with Crippen molar-refractivity contribution in [3.8, 4) is 0 Å². The van der Waals surface area contributed by atoms with Gasteiger partial charge in [0.2, 0.25) is 5.91 Å². The fraction of sp³-hybridized carbons (Fsp3) is 0.381. The minimum atomic E-state index is -0.237. The Morgan fingerprint density at radius 3 is 2.79 bits per heavy atom. The van der Waals surface area contributed by atoms with Crippen LogP contribution in [0.4, 0.5) is 11.4 Å². The van der Waals surface area contributed by atoms with Gasteiger partial charge in [0.05, 0.1) is 11.7 Å². The van der Waals surface area contributed by atoms with Gasteiger partial charge in [-0.25, -0.2) is 4.98 Å². The van der Waals surface area contributed by atoms with Crippen LogP contribution < -0.4 is 15.8 Å². The molecule has 28 heavy (non-hydrogen) atoms. The number of aryl methyl sites for hydroxylation is 1. The maximum Gasteiger partial charge on any atom is 0.262 e. The molecule has 0 saturated heterocycles. The number of thiophene rings is 1. The van der Waals surface area contributed by atoms with Gasteiger partial charge in [-0.15, -0.1) is 11.3 Å². The number of fused-ring (bicyclic) bond motifs is 3. The highest BCUT2D eigenvalue weighted by Gasteiger charge is 2.23. The summed E-state index contributed by atoms with van der Waals surface area (Å²) in [4.78, 5) is 34.0. The van der Waals surface area contributed by atoms with Crippen LogP contribution in [0.15, 0.2) is 35.4 Å². The third kappa shape index (κ3) is 3.54. The van der Waals surface area contributed by atoms with Gasteiger partial charge in [-0.05, 0) is 55.0 Å². The van der Waals surface area contributed by atoms with Crippen LogP contribution in [0.2, 0.25) is 0 Å². The first-order valence-electron chi connectivity index (χ1n) is 9.49. The first-order chi connectivity index (χ1) is 13.4. The van der Waals surface area contributed by atoms with Crippen LogP contribution in [0.5, 0.6) is 0 Å². The Hall–Kier alpha value is -2.67. The Labute approximate surface area is 167 Å². The summed E-state index contributed by atoms with van der Waals surface area (Å²) in [7, 11) is 3.93. The molecule has 2 aromatic heterocycles. The quantitative estimate of drug-likeness (QED) is 0.735. The molecule has 1 N–H and O–H groups in total. The van der Waals surface area contributed by atoms with Crippen LogP contribution in [0.3, 0.4) is 0 Å². The Kier molecular flexibility index (Phi) is 4.93. The lowest BCUT2D eigenvalue weighted by atomic mass is 9.89. The van der Waals surface area contributed by atoms with Crippen LogP contribution in [0.25, 0.3) is 10.2 Å². The largest absolute Gasteiger partial charge is 0.378 e. The third-order valence-electron chi connectivity index (χ3n) is 5.26. The molecule has 1 amide bonds. The van der Waals surface area contributed by atoms with E-state index in [-0.39, 0.29) is 18.0 Å². The Balaban J connectivity index is 1.55. The Morgan fingerprint density at radius 2 is 2.07 bits per heavy atom. The zero-order valence-corrected chi connectivity index (χ0v) is 17.2. The van der Waals surface area contributed by atoms with Crippen molar-refractivity contribution in [2.75, 3.05) is 24.3 Å². The summed E-state index contributed by atoms with van der Waals surface area (Å²) in [6, 6.07) is 7.59. The molecule has 1 aliphatic rings. The highest BCUT2D eigenvalue weighted by Crippen LogP contribution is 2.35. The first-order valence-corrected chi connectivity index (χ1v) is 10.3. The number of hydrogen-bond donors (Lipinski definition) is 1. The first kappa shape index (κ1) is 18.7. The van der Waals surface area contributed by atoms with Gasteiger partial charge in [-0.2, -0.15) is 0 Å². The molecule has 0 radical (unpaired) electrons. The van der Waals surface area contributed by atoms with E-state index in [1.807, 2.05) is 43.3 Å². The van der Waals surface area contributed by atoms with E-state index in [1.165, 1.54) is 15.8 Å². The van der Waals surface area contributed by atoms with Crippen LogP contribution >= 0.6 is 11.3 Å². The Morgan fingerprint density at radius 1 is 1.32 bits per heavy atom. The highest BCUT2D eigenvalue weighted by atomic mass is 32.1.